The number of aryl methyl sites for hydroxylation is 1. The van der Waals surface area contributed by atoms with Crippen LogP contribution in [-0.4, -0.2) is 15.1 Å². The van der Waals surface area contributed by atoms with E-state index in [1.54, 1.807) is 6.92 Å². The third kappa shape index (κ3) is 1.25. The first-order valence-electron chi connectivity index (χ1n) is 2.64. The monoisotopic (exact) mass is 139 g/mol. The van der Waals surface area contributed by atoms with E-state index in [0.29, 0.717) is 5.69 Å². The molecule has 1 heterocycles. The summed E-state index contributed by atoms with van der Waals surface area (Å²) in [6.45, 7) is 1.65. The molecule has 0 unspecified atom stereocenters. The fourth-order valence-electron chi connectivity index (χ4n) is 0.559. The van der Waals surface area contributed by atoms with Crippen molar-refractivity contribution in [3.05, 3.63) is 28.1 Å². The third-order valence-electron chi connectivity index (χ3n) is 0.973. The Balaban J connectivity index is 3.07. The highest BCUT2D eigenvalue weighted by Crippen LogP contribution is 2.06. The molecule has 0 bridgehead atoms. The number of nitrogens with zero attached hydrogens (tertiary/aromatic N) is 3. The Bertz CT molecular complexity index is 261. The zero-order valence-corrected chi connectivity index (χ0v) is 5.31. The smallest absolute Gasteiger partial charge is 0.258 e. The summed E-state index contributed by atoms with van der Waals surface area (Å²) in [7, 11) is 0. The molecule has 0 amide bonds. The number of hydrogen-bond acceptors (Lipinski definition) is 4. The van der Waals surface area contributed by atoms with E-state index in [1.165, 1.54) is 6.07 Å². The summed E-state index contributed by atoms with van der Waals surface area (Å²) < 4.78 is 0. The van der Waals surface area contributed by atoms with Crippen LogP contribution in [0.3, 0.4) is 0 Å². The molecule has 0 radical (unpaired) electrons. The minimum atomic E-state index is -0.498. The van der Waals surface area contributed by atoms with Crippen LogP contribution >= 0.6 is 0 Å². The lowest BCUT2D eigenvalue weighted by Gasteiger charge is -1.88. The molecule has 0 N–H and O–H groups in total. The van der Waals surface area contributed by atoms with Crippen LogP contribution in [0, 0.1) is 17.0 Å². The van der Waals surface area contributed by atoms with Gasteiger partial charge in [-0.3, -0.25) is 10.1 Å². The van der Waals surface area contributed by atoms with Gasteiger partial charge < -0.3 is 0 Å². The van der Waals surface area contributed by atoms with Gasteiger partial charge in [-0.15, -0.1) is 0 Å². The summed E-state index contributed by atoms with van der Waals surface area (Å²) in [6.07, 6.45) is 1.12. The molecule has 0 spiro atoms. The van der Waals surface area contributed by atoms with Gasteiger partial charge in [0.15, 0.2) is 0 Å². The molecule has 0 aromatic carbocycles. The SMILES string of the molecule is Cc1cc([N+](=O)[O-])cnn1. The summed E-state index contributed by atoms with van der Waals surface area (Å²) in [4.78, 5) is 9.59. The highest BCUT2D eigenvalue weighted by molar-refractivity contribution is 5.25. The topological polar surface area (TPSA) is 68.9 Å². The van der Waals surface area contributed by atoms with Gasteiger partial charge in [-0.2, -0.15) is 10.2 Å². The predicted octanol–water partition coefficient (Wildman–Crippen LogP) is 0.693. The normalized spacial score (nSPS) is 9.30. The van der Waals surface area contributed by atoms with Gasteiger partial charge in [0.2, 0.25) is 0 Å². The summed E-state index contributed by atoms with van der Waals surface area (Å²) in [5.41, 5.74) is 0.529. The standard InChI is InChI=1S/C5H5N3O2/c1-4-2-5(8(9)10)3-6-7-4/h2-3H,1H3. The summed E-state index contributed by atoms with van der Waals surface area (Å²) in [5, 5.41) is 17.1. The fourth-order valence-corrected chi connectivity index (χ4v) is 0.559. The molecular weight excluding hydrogens is 134 g/mol. The first-order valence-corrected chi connectivity index (χ1v) is 2.64. The lowest BCUT2D eigenvalue weighted by molar-refractivity contribution is -0.385. The van der Waals surface area contributed by atoms with Gasteiger partial charge in [-0.05, 0) is 6.92 Å². The van der Waals surface area contributed by atoms with Crippen molar-refractivity contribution in [2.24, 2.45) is 0 Å². The second-order valence-electron chi connectivity index (χ2n) is 1.81. The Morgan fingerprint density at radius 2 is 2.40 bits per heavy atom. The molecule has 0 aliphatic heterocycles. The van der Waals surface area contributed by atoms with E-state index in [-0.39, 0.29) is 5.69 Å². The van der Waals surface area contributed by atoms with E-state index < -0.39 is 4.92 Å². The van der Waals surface area contributed by atoms with Crippen LogP contribution in [0.1, 0.15) is 5.69 Å². The highest BCUT2D eigenvalue weighted by Gasteiger charge is 2.04. The molecule has 0 aliphatic carbocycles. The Hall–Kier alpha value is -1.52. The Morgan fingerprint density at radius 1 is 1.70 bits per heavy atom. The molecule has 10 heavy (non-hydrogen) atoms. The molecule has 1 rings (SSSR count). The van der Waals surface area contributed by atoms with Crippen LogP contribution in [-0.2, 0) is 0 Å². The minimum Gasteiger partial charge on any atom is -0.258 e. The average molecular weight is 139 g/mol. The van der Waals surface area contributed by atoms with E-state index in [4.69, 9.17) is 0 Å². The quantitative estimate of drug-likeness (QED) is 0.424. The van der Waals surface area contributed by atoms with Crippen molar-refractivity contribution < 1.29 is 4.92 Å². The van der Waals surface area contributed by atoms with Crippen LogP contribution in [0.2, 0.25) is 0 Å². The van der Waals surface area contributed by atoms with E-state index in [2.05, 4.69) is 10.2 Å². The van der Waals surface area contributed by atoms with Crippen LogP contribution < -0.4 is 0 Å². The zero-order chi connectivity index (χ0) is 7.56. The molecule has 1 aromatic heterocycles. The van der Waals surface area contributed by atoms with Gasteiger partial charge in [0.05, 0.1) is 10.6 Å². The van der Waals surface area contributed by atoms with Gasteiger partial charge >= 0.3 is 0 Å². The van der Waals surface area contributed by atoms with Crippen molar-refractivity contribution in [2.45, 2.75) is 6.92 Å². The van der Waals surface area contributed by atoms with Gasteiger partial charge in [0.25, 0.3) is 5.69 Å². The maximum Gasteiger partial charge on any atom is 0.291 e. The number of rotatable bonds is 1. The first-order chi connectivity index (χ1) is 4.70. The number of aromatic nitrogens is 2. The van der Waals surface area contributed by atoms with Gasteiger partial charge in [-0.25, -0.2) is 0 Å². The lowest BCUT2D eigenvalue weighted by atomic mass is 10.4. The average Bonchev–Trinajstić information content (AvgIpc) is 1.88. The van der Waals surface area contributed by atoms with Crippen molar-refractivity contribution in [1.29, 1.82) is 0 Å². The van der Waals surface area contributed by atoms with Crippen LogP contribution in [0.5, 0.6) is 0 Å². The van der Waals surface area contributed by atoms with Crippen LogP contribution in [0.4, 0.5) is 5.69 Å². The summed E-state index contributed by atoms with van der Waals surface area (Å²) in [6, 6.07) is 1.37. The van der Waals surface area contributed by atoms with Crippen molar-refractivity contribution in [3.8, 4) is 0 Å². The second-order valence-corrected chi connectivity index (χ2v) is 1.81. The molecule has 5 heteroatoms. The number of nitro groups is 1. The Morgan fingerprint density at radius 3 is 2.80 bits per heavy atom. The first kappa shape index (κ1) is 6.60. The van der Waals surface area contributed by atoms with Crippen molar-refractivity contribution in [2.75, 3.05) is 0 Å². The maximum absolute atomic E-state index is 10.1. The van der Waals surface area contributed by atoms with Crippen LogP contribution in [0.25, 0.3) is 0 Å². The van der Waals surface area contributed by atoms with Crippen molar-refractivity contribution in [3.63, 3.8) is 0 Å². The van der Waals surface area contributed by atoms with Gasteiger partial charge in [0, 0.05) is 6.07 Å². The molecule has 52 valence electrons. The molecule has 5 nitrogen and oxygen atoms in total. The van der Waals surface area contributed by atoms with E-state index in [0.717, 1.165) is 6.20 Å². The third-order valence-corrected chi connectivity index (χ3v) is 0.973. The molecule has 0 saturated carbocycles. The van der Waals surface area contributed by atoms with E-state index in [1.807, 2.05) is 0 Å². The largest absolute Gasteiger partial charge is 0.291 e. The Labute approximate surface area is 56.9 Å². The van der Waals surface area contributed by atoms with E-state index in [9.17, 15) is 10.1 Å². The van der Waals surface area contributed by atoms with Crippen molar-refractivity contribution >= 4 is 5.69 Å². The minimum absolute atomic E-state index is 0.0208. The number of hydrogen-bond donors (Lipinski definition) is 0. The molecular formula is C5H5N3O2. The summed E-state index contributed by atoms with van der Waals surface area (Å²) >= 11 is 0. The van der Waals surface area contributed by atoms with Gasteiger partial charge in [-0.1, -0.05) is 0 Å². The van der Waals surface area contributed by atoms with E-state index >= 15 is 0 Å². The molecule has 0 atom stereocenters. The maximum atomic E-state index is 10.1. The molecule has 0 aliphatic rings. The van der Waals surface area contributed by atoms with Crippen molar-refractivity contribution in [1.82, 2.24) is 10.2 Å². The molecule has 0 saturated heterocycles. The molecule has 0 fully saturated rings. The zero-order valence-electron chi connectivity index (χ0n) is 5.31. The predicted molar refractivity (Wildman–Crippen MR) is 33.4 cm³/mol. The second kappa shape index (κ2) is 2.38. The highest BCUT2D eigenvalue weighted by atomic mass is 16.6. The lowest BCUT2D eigenvalue weighted by Crippen LogP contribution is -1.92. The fraction of sp³-hybridized carbons (Fsp3) is 0.200. The van der Waals surface area contributed by atoms with Crippen LogP contribution in [0.15, 0.2) is 12.3 Å². The Kier molecular flexibility index (Phi) is 1.57. The summed E-state index contributed by atoms with van der Waals surface area (Å²) in [5.74, 6) is 0. The van der Waals surface area contributed by atoms with Gasteiger partial charge in [0.1, 0.15) is 6.20 Å². The molecule has 1 aromatic rings.